The highest BCUT2D eigenvalue weighted by Gasteiger charge is 2.08. The van der Waals surface area contributed by atoms with E-state index in [4.69, 9.17) is 21.1 Å². The molecule has 0 saturated carbocycles. The number of benzene rings is 2. The zero-order valence-corrected chi connectivity index (χ0v) is 13.1. The maximum Gasteiger partial charge on any atom is 0.344 e. The summed E-state index contributed by atoms with van der Waals surface area (Å²) in [7, 11) is 0. The minimum absolute atomic E-state index is 0.0125. The van der Waals surface area contributed by atoms with Crippen molar-refractivity contribution in [2.75, 3.05) is 6.61 Å². The van der Waals surface area contributed by atoms with Gasteiger partial charge in [0, 0.05) is 17.2 Å². The average molecular weight is 336 g/mol. The summed E-state index contributed by atoms with van der Waals surface area (Å²) in [6, 6.07) is 10.9. The smallest absolute Gasteiger partial charge is 0.344 e. The Kier molecular flexibility index (Phi) is 5.54. The summed E-state index contributed by atoms with van der Waals surface area (Å²) < 4.78 is 10.4. The fourth-order valence-electron chi connectivity index (χ4n) is 1.77. The number of carbonyl (C=O) groups is 1. The van der Waals surface area contributed by atoms with E-state index in [-0.39, 0.29) is 18.9 Å². The Balaban J connectivity index is 1.80. The summed E-state index contributed by atoms with van der Waals surface area (Å²) in [5.41, 5.74) is 1.50. The lowest BCUT2D eigenvalue weighted by atomic mass is 10.2. The molecule has 0 unspecified atom stereocenters. The van der Waals surface area contributed by atoms with E-state index in [0.717, 1.165) is 5.56 Å². The second-order valence-electron chi connectivity index (χ2n) is 4.78. The number of halogens is 1. The molecular weight excluding hydrogens is 322 g/mol. The SMILES string of the molecule is Cc1cc(OCC(=O)OCc2ccc([N+](=O)[O-])cc2)ccc1Cl. The number of non-ortho nitro benzene ring substituents is 1. The molecule has 6 nitrogen and oxygen atoms in total. The minimum atomic E-state index is -0.532. The molecule has 23 heavy (non-hydrogen) atoms. The van der Waals surface area contributed by atoms with Crippen molar-refractivity contribution in [3.63, 3.8) is 0 Å². The van der Waals surface area contributed by atoms with Gasteiger partial charge in [0.1, 0.15) is 12.4 Å². The van der Waals surface area contributed by atoms with Gasteiger partial charge in [-0.1, -0.05) is 11.6 Å². The lowest BCUT2D eigenvalue weighted by Gasteiger charge is -2.08. The molecule has 0 amide bonds. The van der Waals surface area contributed by atoms with E-state index in [1.165, 1.54) is 24.3 Å². The van der Waals surface area contributed by atoms with Crippen molar-refractivity contribution in [2.24, 2.45) is 0 Å². The molecule has 2 aromatic rings. The molecule has 0 fully saturated rings. The highest BCUT2D eigenvalue weighted by Crippen LogP contribution is 2.21. The van der Waals surface area contributed by atoms with Gasteiger partial charge in [-0.05, 0) is 48.4 Å². The second kappa shape index (κ2) is 7.60. The molecule has 120 valence electrons. The zero-order chi connectivity index (χ0) is 16.8. The largest absolute Gasteiger partial charge is 0.482 e. The predicted octanol–water partition coefficient (Wildman–Crippen LogP) is 3.68. The van der Waals surface area contributed by atoms with Gasteiger partial charge in [-0.15, -0.1) is 0 Å². The summed E-state index contributed by atoms with van der Waals surface area (Å²) in [6.45, 7) is 1.63. The average Bonchev–Trinajstić information content (AvgIpc) is 2.54. The number of rotatable bonds is 6. The van der Waals surface area contributed by atoms with Crippen LogP contribution < -0.4 is 4.74 Å². The van der Waals surface area contributed by atoms with Gasteiger partial charge in [0.2, 0.25) is 0 Å². The number of nitrogens with zero attached hydrogens (tertiary/aromatic N) is 1. The van der Waals surface area contributed by atoms with Gasteiger partial charge in [0.15, 0.2) is 6.61 Å². The molecule has 0 aromatic heterocycles. The van der Waals surface area contributed by atoms with Crippen LogP contribution in [0.2, 0.25) is 5.02 Å². The molecule has 2 rings (SSSR count). The summed E-state index contributed by atoms with van der Waals surface area (Å²) in [5.74, 6) is -0.00450. The van der Waals surface area contributed by atoms with E-state index in [1.807, 2.05) is 6.92 Å². The lowest BCUT2D eigenvalue weighted by molar-refractivity contribution is -0.384. The lowest BCUT2D eigenvalue weighted by Crippen LogP contribution is -2.14. The van der Waals surface area contributed by atoms with Crippen LogP contribution in [-0.4, -0.2) is 17.5 Å². The maximum atomic E-state index is 11.6. The number of aryl methyl sites for hydroxylation is 1. The van der Waals surface area contributed by atoms with Gasteiger partial charge in [-0.2, -0.15) is 0 Å². The number of nitro groups is 1. The Morgan fingerprint density at radius 2 is 1.91 bits per heavy atom. The van der Waals surface area contributed by atoms with Gasteiger partial charge in [-0.3, -0.25) is 10.1 Å². The standard InChI is InChI=1S/C16H14ClNO5/c1-11-8-14(6-7-15(11)17)22-10-16(19)23-9-12-2-4-13(5-3-12)18(20)21/h2-8H,9-10H2,1H3. The predicted molar refractivity (Wildman–Crippen MR) is 84.6 cm³/mol. The van der Waals surface area contributed by atoms with Crippen LogP contribution in [-0.2, 0) is 16.1 Å². The van der Waals surface area contributed by atoms with Gasteiger partial charge in [0.05, 0.1) is 4.92 Å². The Morgan fingerprint density at radius 3 is 2.52 bits per heavy atom. The highest BCUT2D eigenvalue weighted by molar-refractivity contribution is 6.31. The number of nitro benzene ring substituents is 1. The third-order valence-electron chi connectivity index (χ3n) is 3.03. The van der Waals surface area contributed by atoms with E-state index >= 15 is 0 Å². The topological polar surface area (TPSA) is 78.7 Å². The summed E-state index contributed by atoms with van der Waals surface area (Å²) in [5, 5.41) is 11.2. The Morgan fingerprint density at radius 1 is 1.22 bits per heavy atom. The molecule has 0 heterocycles. The van der Waals surface area contributed by atoms with E-state index in [2.05, 4.69) is 0 Å². The van der Waals surface area contributed by atoms with E-state index < -0.39 is 10.9 Å². The van der Waals surface area contributed by atoms with E-state index in [9.17, 15) is 14.9 Å². The highest BCUT2D eigenvalue weighted by atomic mass is 35.5. The van der Waals surface area contributed by atoms with Crippen molar-refractivity contribution in [3.8, 4) is 5.75 Å². The van der Waals surface area contributed by atoms with Gasteiger partial charge in [0.25, 0.3) is 5.69 Å². The van der Waals surface area contributed by atoms with Crippen LogP contribution in [0.15, 0.2) is 42.5 Å². The number of hydrogen-bond acceptors (Lipinski definition) is 5. The van der Waals surface area contributed by atoms with Crippen molar-refractivity contribution >= 4 is 23.3 Å². The van der Waals surface area contributed by atoms with Crippen LogP contribution in [0.25, 0.3) is 0 Å². The quantitative estimate of drug-likeness (QED) is 0.457. The van der Waals surface area contributed by atoms with Crippen LogP contribution >= 0.6 is 11.6 Å². The van der Waals surface area contributed by atoms with Crippen molar-refractivity contribution in [1.82, 2.24) is 0 Å². The third kappa shape index (κ3) is 4.96. The Labute approximate surface area is 137 Å². The normalized spacial score (nSPS) is 10.2. The molecule has 0 N–H and O–H groups in total. The fraction of sp³-hybridized carbons (Fsp3) is 0.188. The van der Waals surface area contributed by atoms with Gasteiger partial charge >= 0.3 is 5.97 Å². The number of hydrogen-bond donors (Lipinski definition) is 0. The van der Waals surface area contributed by atoms with E-state index in [0.29, 0.717) is 16.3 Å². The first-order chi connectivity index (χ1) is 11.0. The monoisotopic (exact) mass is 335 g/mol. The Bertz CT molecular complexity index is 715. The van der Waals surface area contributed by atoms with Crippen LogP contribution in [0.5, 0.6) is 5.75 Å². The number of ether oxygens (including phenoxy) is 2. The summed E-state index contributed by atoms with van der Waals surface area (Å²) in [4.78, 5) is 21.7. The summed E-state index contributed by atoms with van der Waals surface area (Å²) >= 11 is 5.90. The van der Waals surface area contributed by atoms with Crippen molar-refractivity contribution in [3.05, 3.63) is 68.7 Å². The minimum Gasteiger partial charge on any atom is -0.482 e. The number of esters is 1. The zero-order valence-electron chi connectivity index (χ0n) is 12.3. The molecule has 0 aliphatic rings. The first kappa shape index (κ1) is 16.8. The molecule has 7 heteroatoms. The molecule has 0 aliphatic heterocycles. The van der Waals surface area contributed by atoms with Crippen molar-refractivity contribution in [2.45, 2.75) is 13.5 Å². The first-order valence-electron chi connectivity index (χ1n) is 6.73. The van der Waals surface area contributed by atoms with Crippen molar-refractivity contribution < 1.29 is 19.2 Å². The Hall–Kier alpha value is -2.60. The molecule has 0 saturated heterocycles. The second-order valence-corrected chi connectivity index (χ2v) is 5.19. The molecule has 0 radical (unpaired) electrons. The fourth-order valence-corrected chi connectivity index (χ4v) is 1.89. The van der Waals surface area contributed by atoms with Crippen LogP contribution in [0.3, 0.4) is 0 Å². The first-order valence-corrected chi connectivity index (χ1v) is 7.11. The van der Waals surface area contributed by atoms with Crippen molar-refractivity contribution in [1.29, 1.82) is 0 Å². The summed E-state index contributed by atoms with van der Waals surface area (Å²) in [6.07, 6.45) is 0. The molecule has 0 atom stereocenters. The molecular formula is C16H14ClNO5. The van der Waals surface area contributed by atoms with E-state index in [1.54, 1.807) is 18.2 Å². The van der Waals surface area contributed by atoms with Gasteiger partial charge in [-0.25, -0.2) is 4.79 Å². The number of carbonyl (C=O) groups excluding carboxylic acids is 1. The molecule has 2 aromatic carbocycles. The van der Waals surface area contributed by atoms with Crippen LogP contribution in [0.1, 0.15) is 11.1 Å². The van der Waals surface area contributed by atoms with Crippen LogP contribution in [0, 0.1) is 17.0 Å². The molecule has 0 spiro atoms. The van der Waals surface area contributed by atoms with Gasteiger partial charge < -0.3 is 9.47 Å². The molecule has 0 aliphatic carbocycles. The van der Waals surface area contributed by atoms with Crippen LogP contribution in [0.4, 0.5) is 5.69 Å². The molecule has 0 bridgehead atoms. The third-order valence-corrected chi connectivity index (χ3v) is 3.46. The maximum absolute atomic E-state index is 11.6.